The minimum Gasteiger partial charge on any atom is -0.492 e. The molecular weight excluding hydrogens is 420 g/mol. The monoisotopic (exact) mass is 444 g/mol. The third-order valence-electron chi connectivity index (χ3n) is 7.22. The predicted octanol–water partition coefficient (Wildman–Crippen LogP) is 5.63. The summed E-state index contributed by atoms with van der Waals surface area (Å²) in [7, 11) is 0. The Bertz CT molecular complexity index is 1080. The smallest absolute Gasteiger partial charge is 0.249 e. The van der Waals surface area contributed by atoms with Crippen LogP contribution >= 0.6 is 22.9 Å². The highest BCUT2D eigenvalue weighted by Crippen LogP contribution is 2.61. The molecule has 0 spiro atoms. The molecule has 6 nitrogen and oxygen atoms in total. The zero-order chi connectivity index (χ0) is 21.0. The van der Waals surface area contributed by atoms with Gasteiger partial charge in [-0.15, -0.1) is 10.2 Å². The zero-order valence-corrected chi connectivity index (χ0v) is 18.8. The number of halogens is 1. The molecule has 2 heterocycles. The molecule has 3 fully saturated rings. The van der Waals surface area contributed by atoms with Crippen LogP contribution in [0.1, 0.15) is 44.4 Å². The second-order valence-corrected chi connectivity index (χ2v) is 10.6. The molecular formula is C22H25ClN4O2S. The fraction of sp³-hybridized carbons (Fsp3) is 0.500. The molecule has 4 atom stereocenters. The summed E-state index contributed by atoms with van der Waals surface area (Å²) in [6, 6.07) is 7.74. The molecule has 0 amide bonds. The number of hydrogen-bond donors (Lipinski definition) is 2. The van der Waals surface area contributed by atoms with Gasteiger partial charge in [0.2, 0.25) is 17.7 Å². The quantitative estimate of drug-likeness (QED) is 0.530. The summed E-state index contributed by atoms with van der Waals surface area (Å²) in [5.41, 5.74) is 1.15. The van der Waals surface area contributed by atoms with E-state index in [1.807, 2.05) is 18.2 Å². The van der Waals surface area contributed by atoms with E-state index >= 15 is 0 Å². The molecule has 2 aromatic heterocycles. The number of rotatable bonds is 5. The Morgan fingerprint density at radius 2 is 2.07 bits per heavy atom. The van der Waals surface area contributed by atoms with Crippen LogP contribution in [0.5, 0.6) is 5.88 Å². The van der Waals surface area contributed by atoms with Crippen molar-refractivity contribution in [1.29, 1.82) is 0 Å². The van der Waals surface area contributed by atoms with Crippen molar-refractivity contribution in [3.8, 4) is 17.3 Å². The number of nitrogens with zero attached hydrogens (tertiary/aromatic N) is 3. The van der Waals surface area contributed by atoms with Crippen LogP contribution < -0.4 is 5.32 Å². The number of hydrogen-bond acceptors (Lipinski definition) is 7. The van der Waals surface area contributed by atoms with Crippen LogP contribution in [-0.4, -0.2) is 26.3 Å². The maximum atomic E-state index is 10.3. The van der Waals surface area contributed by atoms with Crippen molar-refractivity contribution < 1.29 is 9.52 Å². The summed E-state index contributed by atoms with van der Waals surface area (Å²) in [5, 5.41) is 23.4. The van der Waals surface area contributed by atoms with Crippen molar-refractivity contribution in [2.24, 2.45) is 23.2 Å². The molecule has 0 unspecified atom stereocenters. The van der Waals surface area contributed by atoms with E-state index < -0.39 is 0 Å². The van der Waals surface area contributed by atoms with Gasteiger partial charge < -0.3 is 14.8 Å². The predicted molar refractivity (Wildman–Crippen MR) is 118 cm³/mol. The van der Waals surface area contributed by atoms with Gasteiger partial charge in [-0.1, -0.05) is 55.8 Å². The Hall–Kier alpha value is -2.12. The van der Waals surface area contributed by atoms with Crippen molar-refractivity contribution in [2.75, 3.05) is 5.32 Å². The number of aromatic nitrogens is 3. The summed E-state index contributed by atoms with van der Waals surface area (Å²) in [6.45, 7) is 7.13. The lowest BCUT2D eigenvalue weighted by Crippen LogP contribution is -2.58. The average molecular weight is 445 g/mol. The van der Waals surface area contributed by atoms with Crippen molar-refractivity contribution in [2.45, 2.75) is 46.1 Å². The van der Waals surface area contributed by atoms with Crippen LogP contribution in [0, 0.1) is 23.2 Å². The van der Waals surface area contributed by atoms with E-state index in [0.717, 1.165) is 23.4 Å². The highest BCUT2D eigenvalue weighted by molar-refractivity contribution is 7.15. The van der Waals surface area contributed by atoms with Crippen molar-refractivity contribution in [1.82, 2.24) is 15.2 Å². The fourth-order valence-corrected chi connectivity index (χ4v) is 6.35. The molecule has 6 rings (SSSR count). The van der Waals surface area contributed by atoms with E-state index in [-0.39, 0.29) is 5.88 Å². The number of aromatic hydroxyl groups is 1. The van der Waals surface area contributed by atoms with Gasteiger partial charge >= 0.3 is 0 Å². The van der Waals surface area contributed by atoms with Crippen LogP contribution in [0.4, 0.5) is 5.13 Å². The van der Waals surface area contributed by atoms with Gasteiger partial charge in [0.05, 0.1) is 21.9 Å². The van der Waals surface area contributed by atoms with E-state index in [1.54, 1.807) is 6.07 Å². The first-order valence-electron chi connectivity index (χ1n) is 10.4. The van der Waals surface area contributed by atoms with Gasteiger partial charge in [0.1, 0.15) is 0 Å². The Labute approximate surface area is 184 Å². The topological polar surface area (TPSA) is 84.1 Å². The second-order valence-electron chi connectivity index (χ2n) is 9.13. The van der Waals surface area contributed by atoms with E-state index in [4.69, 9.17) is 16.0 Å². The van der Waals surface area contributed by atoms with Gasteiger partial charge in [-0.3, -0.25) is 0 Å². The Morgan fingerprint density at radius 3 is 2.80 bits per heavy atom. The first-order valence-corrected chi connectivity index (χ1v) is 11.5. The standard InChI is InChI=1S/C22H25ClN4O2S/c1-11-14-8-12(22(14,2)3)9-16(11)24-21-25-19(28)17(30-21)10-18-26-27-20(29-18)13-6-4-5-7-15(13)23/h4-7,11-12,14,16,28H,8-10H2,1-3H3,(H,24,25)/t11-,12+,14-,16-/m0/s1. The van der Waals surface area contributed by atoms with Gasteiger partial charge in [-0.05, 0) is 48.1 Å². The highest BCUT2D eigenvalue weighted by atomic mass is 35.5. The minimum absolute atomic E-state index is 0.0222. The largest absolute Gasteiger partial charge is 0.492 e. The molecule has 3 saturated carbocycles. The lowest BCUT2D eigenvalue weighted by atomic mass is 9.45. The first-order chi connectivity index (χ1) is 14.3. The number of fused-ring (bicyclic) bond motifs is 2. The molecule has 8 heteroatoms. The van der Waals surface area contributed by atoms with E-state index in [9.17, 15) is 5.11 Å². The summed E-state index contributed by atoms with van der Waals surface area (Å²) < 4.78 is 5.77. The SMILES string of the molecule is C[C@@H]1[C@@H](Nc2nc(O)c(Cc3nnc(-c4ccccc4Cl)o3)s2)C[C@H]2C[C@@H]1C2(C)C. The van der Waals surface area contributed by atoms with Crippen LogP contribution in [0.2, 0.25) is 5.02 Å². The lowest BCUT2D eigenvalue weighted by Gasteiger charge is -2.62. The van der Waals surface area contributed by atoms with Crippen molar-refractivity contribution >= 4 is 28.1 Å². The number of anilines is 1. The van der Waals surface area contributed by atoms with Crippen LogP contribution in [0.25, 0.3) is 11.5 Å². The third kappa shape index (κ3) is 3.28. The molecule has 3 aliphatic carbocycles. The summed E-state index contributed by atoms with van der Waals surface area (Å²) >= 11 is 7.66. The Kier molecular flexibility index (Phi) is 4.78. The van der Waals surface area contributed by atoms with Crippen LogP contribution in [-0.2, 0) is 6.42 Å². The first kappa shape index (κ1) is 19.8. The molecule has 1 aromatic carbocycles. The minimum atomic E-state index is 0.0222. The molecule has 3 aromatic rings. The zero-order valence-electron chi connectivity index (χ0n) is 17.2. The third-order valence-corrected chi connectivity index (χ3v) is 8.53. The van der Waals surface area contributed by atoms with Crippen molar-refractivity contribution in [3.63, 3.8) is 0 Å². The van der Waals surface area contributed by atoms with Gasteiger partial charge in [0.25, 0.3) is 0 Å². The average Bonchev–Trinajstić information content (AvgIpc) is 3.30. The second kappa shape index (κ2) is 7.24. The number of nitrogens with one attached hydrogen (secondary N) is 1. The molecule has 0 aliphatic heterocycles. The maximum absolute atomic E-state index is 10.3. The van der Waals surface area contributed by atoms with Crippen LogP contribution in [0.15, 0.2) is 28.7 Å². The van der Waals surface area contributed by atoms with E-state index in [2.05, 4.69) is 41.3 Å². The number of benzene rings is 1. The van der Waals surface area contributed by atoms with E-state index in [0.29, 0.717) is 51.0 Å². The Morgan fingerprint density at radius 1 is 1.27 bits per heavy atom. The van der Waals surface area contributed by atoms with Crippen molar-refractivity contribution in [3.05, 3.63) is 40.1 Å². The van der Waals surface area contributed by atoms with E-state index in [1.165, 1.54) is 17.8 Å². The molecule has 30 heavy (non-hydrogen) atoms. The van der Waals surface area contributed by atoms with Gasteiger partial charge in [-0.2, -0.15) is 4.98 Å². The summed E-state index contributed by atoms with van der Waals surface area (Å²) in [6.07, 6.45) is 2.83. The molecule has 2 bridgehead atoms. The molecule has 158 valence electrons. The Balaban J connectivity index is 1.28. The lowest BCUT2D eigenvalue weighted by molar-refractivity contribution is -0.105. The highest BCUT2D eigenvalue weighted by Gasteiger charge is 2.56. The fourth-order valence-electron chi connectivity index (χ4n) is 5.23. The van der Waals surface area contributed by atoms with Crippen LogP contribution in [0.3, 0.4) is 0 Å². The maximum Gasteiger partial charge on any atom is 0.249 e. The summed E-state index contributed by atoms with van der Waals surface area (Å²) in [5.74, 6) is 2.93. The molecule has 2 N–H and O–H groups in total. The normalized spacial score (nSPS) is 26.9. The molecule has 3 aliphatic rings. The van der Waals surface area contributed by atoms with Gasteiger partial charge in [-0.25, -0.2) is 0 Å². The number of thiazole rings is 1. The van der Waals surface area contributed by atoms with Gasteiger partial charge in [0, 0.05) is 6.04 Å². The van der Waals surface area contributed by atoms with Gasteiger partial charge in [0.15, 0.2) is 5.13 Å². The molecule has 0 saturated heterocycles. The molecule has 0 radical (unpaired) electrons. The summed E-state index contributed by atoms with van der Waals surface area (Å²) in [4.78, 5) is 5.05.